The van der Waals surface area contributed by atoms with Crippen molar-refractivity contribution in [1.29, 1.82) is 5.41 Å². The Labute approximate surface area is 351 Å². The Hall–Kier alpha value is -6.98. The number of anilines is 2. The predicted octanol–water partition coefficient (Wildman–Crippen LogP) is 4.13. The van der Waals surface area contributed by atoms with Crippen molar-refractivity contribution < 1.29 is 42.9 Å². The minimum Gasteiger partial charge on any atom is -0.490 e. The number of imide groups is 2. The number of hydrogen-bond donors (Lipinski definition) is 4. The number of nitrogen functional groups attached to an aromatic ring is 1. The summed E-state index contributed by atoms with van der Waals surface area (Å²) in [6, 6.07) is 20.0. The van der Waals surface area contributed by atoms with E-state index in [0.717, 1.165) is 17.7 Å². The van der Waals surface area contributed by atoms with Crippen molar-refractivity contribution in [2.75, 3.05) is 57.2 Å². The molecule has 316 valence electrons. The molecule has 4 aromatic rings. The Morgan fingerprint density at radius 1 is 0.885 bits per heavy atom. The molecule has 7 rings (SSSR count). The van der Waals surface area contributed by atoms with Crippen LogP contribution in [-0.4, -0.2) is 113 Å². The smallest absolute Gasteiger partial charge is 0.266 e. The summed E-state index contributed by atoms with van der Waals surface area (Å²) in [5.74, 6) is -0.440. The standard InChI is InChI=1S/C44H46N8O9/c1-27(18-20-58-21-22-59-23-24-60-34-11-5-10-32-36(34)44(57)52(43(32)56)33-16-17-35(53)50-41(33)54)42(55)51-19-6-7-29(25-51)49-40-37(39(46)47-26-48-40)38(45)28-12-14-31(15-13-28)61-30-8-3-2-4-9-30/h2-5,8-15,26,29,33,45H,1,6-7,16-25H2,(H,50,53,54)(H3,46,47,48,49). The fraction of sp³-hybridized carbons (Fsp3) is 0.318. The van der Waals surface area contributed by atoms with Crippen LogP contribution in [0.5, 0.6) is 17.2 Å². The SMILES string of the molecule is C=C(CCOCCOCCOc1cccc2c1C(=O)N(C1CCC(=O)NC1=O)C2=O)C(=O)N1CCCC(Nc2ncnc(N)c2C(=N)c2ccc(Oc3ccccc3)cc2)C1. The van der Waals surface area contributed by atoms with Crippen molar-refractivity contribution in [3.63, 3.8) is 0 Å². The third-order valence-electron chi connectivity index (χ3n) is 10.4. The number of fused-ring (bicyclic) bond motifs is 1. The monoisotopic (exact) mass is 830 g/mol. The maximum absolute atomic E-state index is 13.4. The highest BCUT2D eigenvalue weighted by Gasteiger charge is 2.46. The van der Waals surface area contributed by atoms with Crippen molar-refractivity contribution in [3.8, 4) is 17.2 Å². The van der Waals surface area contributed by atoms with E-state index in [9.17, 15) is 24.0 Å². The highest BCUT2D eigenvalue weighted by atomic mass is 16.5. The van der Waals surface area contributed by atoms with E-state index >= 15 is 0 Å². The first kappa shape index (κ1) is 42.2. The number of benzene rings is 3. The molecule has 5 amide bonds. The van der Waals surface area contributed by atoms with Crippen LogP contribution in [0.15, 0.2) is 91.3 Å². The van der Waals surface area contributed by atoms with Gasteiger partial charge in [0.25, 0.3) is 11.8 Å². The fourth-order valence-corrected chi connectivity index (χ4v) is 7.35. The van der Waals surface area contributed by atoms with E-state index in [0.29, 0.717) is 53.5 Å². The second-order valence-electron chi connectivity index (χ2n) is 14.6. The summed E-state index contributed by atoms with van der Waals surface area (Å²) in [7, 11) is 0. The van der Waals surface area contributed by atoms with E-state index in [-0.39, 0.29) is 86.2 Å². The van der Waals surface area contributed by atoms with Crippen molar-refractivity contribution in [1.82, 2.24) is 25.1 Å². The zero-order valence-corrected chi connectivity index (χ0v) is 33.4. The minimum atomic E-state index is -1.07. The molecule has 2 fully saturated rings. The molecule has 3 aliphatic rings. The first-order chi connectivity index (χ1) is 29.6. The van der Waals surface area contributed by atoms with Gasteiger partial charge in [0, 0.05) is 43.1 Å². The molecule has 4 heterocycles. The summed E-state index contributed by atoms with van der Waals surface area (Å²) < 4.78 is 23.0. The van der Waals surface area contributed by atoms with Crippen LogP contribution in [0.25, 0.3) is 0 Å². The lowest BCUT2D eigenvalue weighted by atomic mass is 10.0. The Balaban J connectivity index is 0.814. The number of nitrogens with two attached hydrogens (primary N) is 1. The Bertz CT molecular complexity index is 2320. The molecule has 2 unspecified atom stereocenters. The highest BCUT2D eigenvalue weighted by molar-refractivity contribution is 6.24. The molecule has 17 nitrogen and oxygen atoms in total. The molecule has 0 radical (unpaired) electrons. The Kier molecular flexibility index (Phi) is 13.4. The fourth-order valence-electron chi connectivity index (χ4n) is 7.35. The molecule has 3 aromatic carbocycles. The van der Waals surface area contributed by atoms with Crippen LogP contribution < -0.4 is 25.8 Å². The molecular formula is C44H46N8O9. The molecule has 61 heavy (non-hydrogen) atoms. The topological polar surface area (TPSA) is 228 Å². The van der Waals surface area contributed by atoms with Gasteiger partial charge < -0.3 is 34.9 Å². The zero-order chi connectivity index (χ0) is 42.9. The number of hydrogen-bond acceptors (Lipinski definition) is 14. The van der Waals surface area contributed by atoms with E-state index in [2.05, 4.69) is 27.2 Å². The molecule has 5 N–H and O–H groups in total. The number of amides is 5. The van der Waals surface area contributed by atoms with Crippen LogP contribution in [-0.2, 0) is 23.9 Å². The lowest BCUT2D eigenvalue weighted by Gasteiger charge is -2.34. The van der Waals surface area contributed by atoms with Crippen LogP contribution in [0.4, 0.5) is 11.6 Å². The van der Waals surface area contributed by atoms with Gasteiger partial charge in [-0.1, -0.05) is 30.8 Å². The average Bonchev–Trinajstić information content (AvgIpc) is 3.52. The first-order valence-corrected chi connectivity index (χ1v) is 20.0. The molecule has 2 saturated heterocycles. The number of piperidine rings is 2. The van der Waals surface area contributed by atoms with Gasteiger partial charge in [0.1, 0.15) is 47.9 Å². The molecule has 0 bridgehead atoms. The predicted molar refractivity (Wildman–Crippen MR) is 223 cm³/mol. The van der Waals surface area contributed by atoms with Crippen LogP contribution in [0.3, 0.4) is 0 Å². The number of aromatic nitrogens is 2. The van der Waals surface area contributed by atoms with Crippen LogP contribution >= 0.6 is 0 Å². The lowest BCUT2D eigenvalue weighted by molar-refractivity contribution is -0.136. The number of nitrogens with zero attached hydrogens (tertiary/aromatic N) is 4. The summed E-state index contributed by atoms with van der Waals surface area (Å²) in [6.45, 7) is 6.03. The number of carbonyl (C=O) groups excluding carboxylic acids is 5. The van der Waals surface area contributed by atoms with Crippen LogP contribution in [0.2, 0.25) is 0 Å². The number of carbonyl (C=O) groups is 5. The molecule has 2 atom stereocenters. The van der Waals surface area contributed by atoms with Gasteiger partial charge in [-0.15, -0.1) is 0 Å². The Morgan fingerprint density at radius 3 is 2.39 bits per heavy atom. The number of nitrogens with one attached hydrogen (secondary N) is 3. The van der Waals surface area contributed by atoms with Gasteiger partial charge in [0.2, 0.25) is 17.7 Å². The van der Waals surface area contributed by atoms with Gasteiger partial charge in [0.05, 0.1) is 48.8 Å². The van der Waals surface area contributed by atoms with Gasteiger partial charge in [0.15, 0.2) is 0 Å². The van der Waals surface area contributed by atoms with E-state index in [1.807, 2.05) is 30.3 Å². The van der Waals surface area contributed by atoms with Crippen molar-refractivity contribution in [2.45, 2.75) is 44.2 Å². The van der Waals surface area contributed by atoms with Gasteiger partial charge in [-0.05, 0) is 67.8 Å². The second kappa shape index (κ2) is 19.4. The summed E-state index contributed by atoms with van der Waals surface area (Å²) >= 11 is 0. The molecule has 1 aromatic heterocycles. The summed E-state index contributed by atoms with van der Waals surface area (Å²) in [6.07, 6.45) is 3.31. The zero-order valence-electron chi connectivity index (χ0n) is 33.4. The molecule has 17 heteroatoms. The maximum atomic E-state index is 13.4. The van der Waals surface area contributed by atoms with Gasteiger partial charge >= 0.3 is 0 Å². The number of ether oxygens (including phenoxy) is 4. The normalized spacial score (nSPS) is 17.4. The summed E-state index contributed by atoms with van der Waals surface area (Å²) in [5, 5.41) is 14.6. The average molecular weight is 831 g/mol. The maximum Gasteiger partial charge on any atom is 0.266 e. The summed E-state index contributed by atoms with van der Waals surface area (Å²) in [5.41, 5.74) is 8.04. The van der Waals surface area contributed by atoms with Crippen molar-refractivity contribution in [3.05, 3.63) is 114 Å². The third kappa shape index (κ3) is 9.91. The highest BCUT2D eigenvalue weighted by Crippen LogP contribution is 2.34. The second-order valence-corrected chi connectivity index (χ2v) is 14.6. The first-order valence-electron chi connectivity index (χ1n) is 20.0. The Morgan fingerprint density at radius 2 is 1.62 bits per heavy atom. The third-order valence-corrected chi connectivity index (χ3v) is 10.4. The lowest BCUT2D eigenvalue weighted by Crippen LogP contribution is -2.54. The van der Waals surface area contributed by atoms with E-state index < -0.39 is 29.7 Å². The number of likely N-dealkylation sites (tertiary alicyclic amines) is 1. The van der Waals surface area contributed by atoms with Gasteiger partial charge in [-0.25, -0.2) is 9.97 Å². The van der Waals surface area contributed by atoms with E-state index in [1.165, 1.54) is 12.4 Å². The van der Waals surface area contributed by atoms with Gasteiger partial charge in [-0.2, -0.15) is 0 Å². The van der Waals surface area contributed by atoms with E-state index in [4.69, 9.17) is 30.1 Å². The molecule has 0 aliphatic carbocycles. The minimum absolute atomic E-state index is 0.0301. The number of para-hydroxylation sites is 1. The quantitative estimate of drug-likeness (QED) is 0.0479. The van der Waals surface area contributed by atoms with Gasteiger partial charge in [-0.3, -0.25) is 39.6 Å². The van der Waals surface area contributed by atoms with Crippen LogP contribution in [0.1, 0.15) is 63.9 Å². The largest absolute Gasteiger partial charge is 0.490 e. The van der Waals surface area contributed by atoms with Crippen molar-refractivity contribution in [2.24, 2.45) is 0 Å². The molecular weight excluding hydrogens is 785 g/mol. The van der Waals surface area contributed by atoms with Crippen molar-refractivity contribution >= 4 is 46.9 Å². The molecule has 3 aliphatic heterocycles. The van der Waals surface area contributed by atoms with E-state index in [1.54, 1.807) is 41.3 Å². The van der Waals surface area contributed by atoms with Crippen LogP contribution in [0, 0.1) is 5.41 Å². The number of rotatable bonds is 18. The molecule has 0 spiro atoms. The molecule has 0 saturated carbocycles. The summed E-state index contributed by atoms with van der Waals surface area (Å²) in [4.78, 5) is 74.8.